The number of rotatable bonds is 10. The quantitative estimate of drug-likeness (QED) is 0.399. The van der Waals surface area contributed by atoms with Crippen molar-refractivity contribution in [2.45, 2.75) is 57.6 Å². The van der Waals surface area contributed by atoms with E-state index < -0.39 is 34.1 Å². The number of hydrogen-bond donors (Lipinski definition) is 1. The first kappa shape index (κ1) is 29.7. The van der Waals surface area contributed by atoms with Gasteiger partial charge in [-0.15, -0.1) is 0 Å². The van der Waals surface area contributed by atoms with Crippen LogP contribution in [0.4, 0.5) is 5.69 Å². The van der Waals surface area contributed by atoms with Crippen molar-refractivity contribution < 1.29 is 22.7 Å². The van der Waals surface area contributed by atoms with Gasteiger partial charge >= 0.3 is 0 Å². The first-order valence-electron chi connectivity index (χ1n) is 12.7. The van der Waals surface area contributed by atoms with Gasteiger partial charge in [0.25, 0.3) is 10.0 Å². The van der Waals surface area contributed by atoms with Crippen LogP contribution in [0.5, 0.6) is 5.75 Å². The van der Waals surface area contributed by atoms with E-state index in [2.05, 4.69) is 5.32 Å². The van der Waals surface area contributed by atoms with Gasteiger partial charge in [-0.1, -0.05) is 48.0 Å². The largest absolute Gasteiger partial charge is 0.497 e. The number of hydrogen-bond acceptors (Lipinski definition) is 5. The molecule has 1 atom stereocenters. The lowest BCUT2D eigenvalue weighted by atomic mass is 10.1. The number of nitrogens with one attached hydrogen (secondary N) is 1. The minimum absolute atomic E-state index is 0.0530. The minimum Gasteiger partial charge on any atom is -0.497 e. The molecule has 0 fully saturated rings. The van der Waals surface area contributed by atoms with Gasteiger partial charge in [0.05, 0.1) is 17.7 Å². The van der Waals surface area contributed by atoms with E-state index in [0.29, 0.717) is 11.4 Å². The third kappa shape index (κ3) is 7.83. The summed E-state index contributed by atoms with van der Waals surface area (Å²) in [5, 5.41) is 2.92. The fourth-order valence-electron chi connectivity index (χ4n) is 3.94. The lowest BCUT2D eigenvalue weighted by Gasteiger charge is -2.33. The molecule has 2 amide bonds. The van der Waals surface area contributed by atoms with E-state index in [9.17, 15) is 18.0 Å². The monoisotopic (exact) mass is 551 g/mol. The summed E-state index contributed by atoms with van der Waals surface area (Å²) in [5.74, 6) is -0.289. The fourth-order valence-corrected chi connectivity index (χ4v) is 5.38. The number of carbonyl (C=O) groups excluding carboxylic acids is 2. The molecule has 3 aromatic carbocycles. The summed E-state index contributed by atoms with van der Waals surface area (Å²) in [5.41, 5.74) is 1.69. The van der Waals surface area contributed by atoms with E-state index in [-0.39, 0.29) is 17.3 Å². The smallest absolute Gasteiger partial charge is 0.264 e. The Balaban J connectivity index is 2.02. The molecule has 1 N–H and O–H groups in total. The van der Waals surface area contributed by atoms with Gasteiger partial charge in [-0.05, 0) is 76.6 Å². The predicted molar refractivity (Wildman–Crippen MR) is 153 cm³/mol. The topological polar surface area (TPSA) is 96.0 Å². The summed E-state index contributed by atoms with van der Waals surface area (Å²) < 4.78 is 33.8. The zero-order chi connectivity index (χ0) is 28.8. The van der Waals surface area contributed by atoms with E-state index in [0.717, 1.165) is 15.4 Å². The minimum atomic E-state index is -4.11. The van der Waals surface area contributed by atoms with E-state index in [1.54, 1.807) is 49.4 Å². The third-order valence-electron chi connectivity index (χ3n) is 6.11. The number of amides is 2. The van der Waals surface area contributed by atoms with Gasteiger partial charge in [-0.2, -0.15) is 0 Å². The number of ether oxygens (including phenoxy) is 1. The van der Waals surface area contributed by atoms with Crippen LogP contribution in [-0.4, -0.2) is 50.4 Å². The average Bonchev–Trinajstić information content (AvgIpc) is 2.90. The molecule has 0 radical (unpaired) electrons. The standard InChI is InChI=1S/C30H37N3O5S/c1-22-12-14-24(15-13-22)20-32(23(2)29(35)31-30(3,4)5)28(34)21-33(25-16-18-26(38-6)19-17-25)39(36,37)27-10-8-7-9-11-27/h7-19,23H,20-21H2,1-6H3,(H,31,35). The first-order valence-corrected chi connectivity index (χ1v) is 14.1. The third-order valence-corrected chi connectivity index (χ3v) is 7.90. The maximum atomic E-state index is 13.9. The van der Waals surface area contributed by atoms with Crippen molar-refractivity contribution in [2.75, 3.05) is 18.0 Å². The van der Waals surface area contributed by atoms with Crippen LogP contribution in [0.15, 0.2) is 83.8 Å². The summed E-state index contributed by atoms with van der Waals surface area (Å²) in [6.07, 6.45) is 0. The highest BCUT2D eigenvalue weighted by Crippen LogP contribution is 2.26. The summed E-state index contributed by atoms with van der Waals surface area (Å²) in [6.45, 7) is 8.84. The van der Waals surface area contributed by atoms with E-state index in [1.807, 2.05) is 52.0 Å². The summed E-state index contributed by atoms with van der Waals surface area (Å²) >= 11 is 0. The van der Waals surface area contributed by atoms with Crippen LogP contribution in [0, 0.1) is 6.92 Å². The molecule has 3 aromatic rings. The number of methoxy groups -OCH3 is 1. The van der Waals surface area contributed by atoms with Crippen molar-refractivity contribution in [2.24, 2.45) is 0 Å². The highest BCUT2D eigenvalue weighted by atomic mass is 32.2. The Hall–Kier alpha value is -3.85. The fraction of sp³-hybridized carbons (Fsp3) is 0.333. The maximum Gasteiger partial charge on any atom is 0.264 e. The summed E-state index contributed by atoms with van der Waals surface area (Å²) in [7, 11) is -2.59. The molecule has 9 heteroatoms. The molecular weight excluding hydrogens is 514 g/mol. The molecular formula is C30H37N3O5S. The summed E-state index contributed by atoms with van der Waals surface area (Å²) in [6, 6.07) is 21.2. The first-order chi connectivity index (χ1) is 18.3. The van der Waals surface area contributed by atoms with Gasteiger partial charge in [-0.3, -0.25) is 13.9 Å². The molecule has 0 bridgehead atoms. The van der Waals surface area contributed by atoms with Crippen LogP contribution in [0.3, 0.4) is 0 Å². The Morgan fingerprint density at radius 2 is 1.51 bits per heavy atom. The van der Waals surface area contributed by atoms with Crippen LogP contribution in [-0.2, 0) is 26.2 Å². The zero-order valence-corrected chi connectivity index (χ0v) is 24.2. The molecule has 39 heavy (non-hydrogen) atoms. The van der Waals surface area contributed by atoms with Gasteiger partial charge in [0.15, 0.2) is 0 Å². The molecule has 0 aliphatic carbocycles. The molecule has 3 rings (SSSR count). The van der Waals surface area contributed by atoms with Crippen LogP contribution in [0.1, 0.15) is 38.8 Å². The number of benzene rings is 3. The molecule has 0 aliphatic rings. The van der Waals surface area contributed by atoms with Gasteiger partial charge in [0.2, 0.25) is 11.8 Å². The van der Waals surface area contributed by atoms with Crippen molar-refractivity contribution in [3.8, 4) is 5.75 Å². The Morgan fingerprint density at radius 3 is 2.05 bits per heavy atom. The molecule has 0 saturated carbocycles. The highest BCUT2D eigenvalue weighted by molar-refractivity contribution is 7.92. The normalized spacial score (nSPS) is 12.4. The molecule has 8 nitrogen and oxygen atoms in total. The van der Waals surface area contributed by atoms with E-state index >= 15 is 0 Å². The number of anilines is 1. The van der Waals surface area contributed by atoms with Crippen LogP contribution < -0.4 is 14.4 Å². The van der Waals surface area contributed by atoms with Crippen molar-refractivity contribution in [1.82, 2.24) is 10.2 Å². The number of nitrogens with zero attached hydrogens (tertiary/aromatic N) is 2. The molecule has 0 saturated heterocycles. The Morgan fingerprint density at radius 1 is 0.923 bits per heavy atom. The van der Waals surface area contributed by atoms with E-state index in [4.69, 9.17) is 4.74 Å². The Labute approximate surface area is 231 Å². The van der Waals surface area contributed by atoms with Crippen molar-refractivity contribution in [1.29, 1.82) is 0 Å². The SMILES string of the molecule is COc1ccc(N(CC(=O)N(Cc2ccc(C)cc2)C(C)C(=O)NC(C)(C)C)S(=O)(=O)c2ccccc2)cc1. The van der Waals surface area contributed by atoms with Gasteiger partial charge in [0.1, 0.15) is 18.3 Å². The van der Waals surface area contributed by atoms with Crippen molar-refractivity contribution in [3.05, 3.63) is 90.0 Å². The molecule has 0 heterocycles. The van der Waals surface area contributed by atoms with Gasteiger partial charge in [-0.25, -0.2) is 8.42 Å². The molecule has 0 aliphatic heterocycles. The molecule has 208 valence electrons. The Bertz CT molecular complexity index is 1370. The van der Waals surface area contributed by atoms with Crippen LogP contribution in [0.25, 0.3) is 0 Å². The second-order valence-corrected chi connectivity index (χ2v) is 12.3. The van der Waals surface area contributed by atoms with Crippen molar-refractivity contribution in [3.63, 3.8) is 0 Å². The number of aryl methyl sites for hydroxylation is 1. The highest BCUT2D eigenvalue weighted by Gasteiger charge is 2.33. The number of sulfonamides is 1. The molecule has 1 unspecified atom stereocenters. The maximum absolute atomic E-state index is 13.9. The lowest BCUT2D eigenvalue weighted by molar-refractivity contribution is -0.140. The second-order valence-electron chi connectivity index (χ2n) is 10.4. The Kier molecular flexibility index (Phi) is 9.40. The van der Waals surface area contributed by atoms with Gasteiger partial charge in [0, 0.05) is 12.1 Å². The van der Waals surface area contributed by atoms with Crippen LogP contribution in [0.2, 0.25) is 0 Å². The van der Waals surface area contributed by atoms with Crippen molar-refractivity contribution >= 4 is 27.5 Å². The van der Waals surface area contributed by atoms with Crippen LogP contribution >= 0.6 is 0 Å². The summed E-state index contributed by atoms with van der Waals surface area (Å²) in [4.78, 5) is 28.5. The lowest BCUT2D eigenvalue weighted by Crippen LogP contribution is -2.54. The average molecular weight is 552 g/mol. The van der Waals surface area contributed by atoms with E-state index in [1.165, 1.54) is 24.1 Å². The second kappa shape index (κ2) is 12.3. The number of carbonyl (C=O) groups is 2. The predicted octanol–water partition coefficient (Wildman–Crippen LogP) is 4.53. The van der Waals surface area contributed by atoms with Gasteiger partial charge < -0.3 is 15.0 Å². The molecule has 0 spiro atoms. The zero-order valence-electron chi connectivity index (χ0n) is 23.3. The molecule has 0 aromatic heterocycles.